The predicted molar refractivity (Wildman–Crippen MR) is 67.8 cm³/mol. The monoisotopic (exact) mass is 216 g/mol. The van der Waals surface area contributed by atoms with Gasteiger partial charge in [-0.15, -0.1) is 0 Å². The summed E-state index contributed by atoms with van der Waals surface area (Å²) in [5.74, 6) is 0. The van der Waals surface area contributed by atoms with Gasteiger partial charge in [-0.1, -0.05) is 25.0 Å². The number of hydrogen-bond acceptors (Lipinski definition) is 2. The van der Waals surface area contributed by atoms with Crippen molar-refractivity contribution < 1.29 is 0 Å². The van der Waals surface area contributed by atoms with Crippen LogP contribution in [0, 0.1) is 0 Å². The number of nitrogens with one attached hydrogen (secondary N) is 2. The number of hydrogen-bond donors (Lipinski definition) is 2. The first-order valence-corrected chi connectivity index (χ1v) is 6.36. The van der Waals surface area contributed by atoms with Crippen LogP contribution in [0.3, 0.4) is 0 Å². The summed E-state index contributed by atoms with van der Waals surface area (Å²) in [6.07, 6.45) is 5.54. The molecule has 0 saturated heterocycles. The highest BCUT2D eigenvalue weighted by molar-refractivity contribution is 5.61. The maximum absolute atomic E-state index is 3.58. The molecule has 1 saturated carbocycles. The van der Waals surface area contributed by atoms with Gasteiger partial charge in [0.25, 0.3) is 0 Å². The average molecular weight is 216 g/mol. The lowest BCUT2D eigenvalue weighted by molar-refractivity contribution is 0.489. The van der Waals surface area contributed by atoms with Crippen LogP contribution in [-0.2, 0) is 12.0 Å². The molecule has 2 nitrogen and oxygen atoms in total. The van der Waals surface area contributed by atoms with Crippen LogP contribution in [-0.4, -0.2) is 13.6 Å². The summed E-state index contributed by atoms with van der Waals surface area (Å²) in [5.41, 5.74) is 4.84. The van der Waals surface area contributed by atoms with E-state index in [1.54, 1.807) is 5.56 Å². The normalized spacial score (nSPS) is 21.1. The molecule has 0 unspecified atom stereocenters. The van der Waals surface area contributed by atoms with Crippen molar-refractivity contribution in [1.82, 2.24) is 5.32 Å². The largest absolute Gasteiger partial charge is 0.384 e. The van der Waals surface area contributed by atoms with E-state index in [0.29, 0.717) is 5.41 Å². The van der Waals surface area contributed by atoms with Gasteiger partial charge in [-0.25, -0.2) is 0 Å². The standard InChI is InChI=1S/C14H20N2/c1-15-9-11-4-5-13-12(8-11)14(10-16-13)6-2-3-7-14/h4-5,8,15-16H,2-3,6-7,9-10H2,1H3. The molecular formula is C14H20N2. The van der Waals surface area contributed by atoms with Gasteiger partial charge in [0, 0.05) is 24.2 Å². The third kappa shape index (κ3) is 1.44. The van der Waals surface area contributed by atoms with Crippen LogP contribution < -0.4 is 10.6 Å². The summed E-state index contributed by atoms with van der Waals surface area (Å²) in [6, 6.07) is 6.91. The van der Waals surface area contributed by atoms with Gasteiger partial charge in [-0.3, -0.25) is 0 Å². The second-order valence-electron chi connectivity index (χ2n) is 5.25. The van der Waals surface area contributed by atoms with Crippen LogP contribution in [0.15, 0.2) is 18.2 Å². The summed E-state index contributed by atoms with van der Waals surface area (Å²) in [4.78, 5) is 0. The van der Waals surface area contributed by atoms with Gasteiger partial charge in [0.05, 0.1) is 0 Å². The minimum atomic E-state index is 0.471. The van der Waals surface area contributed by atoms with Gasteiger partial charge in [-0.2, -0.15) is 0 Å². The summed E-state index contributed by atoms with van der Waals surface area (Å²) < 4.78 is 0. The van der Waals surface area contributed by atoms with Crippen LogP contribution >= 0.6 is 0 Å². The first-order chi connectivity index (χ1) is 7.84. The van der Waals surface area contributed by atoms with Crippen LogP contribution in [0.25, 0.3) is 0 Å². The van der Waals surface area contributed by atoms with Gasteiger partial charge in [-0.05, 0) is 37.1 Å². The smallest absolute Gasteiger partial charge is 0.0379 e. The first-order valence-electron chi connectivity index (χ1n) is 6.36. The van der Waals surface area contributed by atoms with Crippen molar-refractivity contribution in [2.45, 2.75) is 37.6 Å². The summed E-state index contributed by atoms with van der Waals surface area (Å²) >= 11 is 0. The molecule has 0 bridgehead atoms. The average Bonchev–Trinajstić information content (AvgIpc) is 2.90. The van der Waals surface area contributed by atoms with E-state index in [0.717, 1.165) is 13.1 Å². The zero-order chi connectivity index (χ0) is 11.0. The Labute approximate surface area is 97.4 Å². The van der Waals surface area contributed by atoms with Crippen LogP contribution in [0.4, 0.5) is 5.69 Å². The number of benzene rings is 1. The van der Waals surface area contributed by atoms with E-state index in [1.165, 1.54) is 36.9 Å². The van der Waals surface area contributed by atoms with Crippen molar-refractivity contribution in [2.75, 3.05) is 18.9 Å². The third-order valence-corrected chi connectivity index (χ3v) is 4.21. The zero-order valence-electron chi connectivity index (χ0n) is 9.97. The summed E-state index contributed by atoms with van der Waals surface area (Å²) in [7, 11) is 2.01. The van der Waals surface area contributed by atoms with E-state index in [4.69, 9.17) is 0 Å². The maximum atomic E-state index is 3.58. The van der Waals surface area contributed by atoms with Crippen molar-refractivity contribution in [3.63, 3.8) is 0 Å². The highest BCUT2D eigenvalue weighted by atomic mass is 14.9. The van der Waals surface area contributed by atoms with Crippen LogP contribution in [0.2, 0.25) is 0 Å². The van der Waals surface area contributed by atoms with E-state index in [-0.39, 0.29) is 0 Å². The number of anilines is 1. The van der Waals surface area contributed by atoms with E-state index in [1.807, 2.05) is 7.05 Å². The van der Waals surface area contributed by atoms with Crippen LogP contribution in [0.1, 0.15) is 36.8 Å². The molecule has 0 atom stereocenters. The lowest BCUT2D eigenvalue weighted by Crippen LogP contribution is -2.24. The Morgan fingerprint density at radius 2 is 2.12 bits per heavy atom. The zero-order valence-corrected chi connectivity index (χ0v) is 9.97. The van der Waals surface area contributed by atoms with Crippen molar-refractivity contribution in [2.24, 2.45) is 0 Å². The van der Waals surface area contributed by atoms with Crippen molar-refractivity contribution in [3.05, 3.63) is 29.3 Å². The molecule has 0 amide bonds. The highest BCUT2D eigenvalue weighted by Crippen LogP contribution is 2.48. The van der Waals surface area contributed by atoms with E-state index < -0.39 is 0 Å². The molecule has 2 aliphatic rings. The van der Waals surface area contributed by atoms with Gasteiger partial charge in [0.1, 0.15) is 0 Å². The Morgan fingerprint density at radius 1 is 1.31 bits per heavy atom. The molecule has 1 heterocycles. The fourth-order valence-corrected chi connectivity index (χ4v) is 3.36. The second-order valence-corrected chi connectivity index (χ2v) is 5.25. The van der Waals surface area contributed by atoms with E-state index >= 15 is 0 Å². The van der Waals surface area contributed by atoms with Gasteiger partial charge >= 0.3 is 0 Å². The topological polar surface area (TPSA) is 24.1 Å². The quantitative estimate of drug-likeness (QED) is 0.794. The molecule has 1 aliphatic heterocycles. The number of rotatable bonds is 2. The fraction of sp³-hybridized carbons (Fsp3) is 0.571. The molecule has 1 aromatic carbocycles. The predicted octanol–water partition coefficient (Wildman–Crippen LogP) is 2.64. The highest BCUT2D eigenvalue weighted by Gasteiger charge is 2.40. The SMILES string of the molecule is CNCc1ccc2c(c1)C1(CCCC1)CN2. The molecule has 3 rings (SSSR count). The molecule has 1 aliphatic carbocycles. The second kappa shape index (κ2) is 3.77. The lowest BCUT2D eigenvalue weighted by Gasteiger charge is -2.23. The van der Waals surface area contributed by atoms with Gasteiger partial charge in [0.15, 0.2) is 0 Å². The Kier molecular flexibility index (Phi) is 2.40. The molecule has 16 heavy (non-hydrogen) atoms. The molecule has 0 radical (unpaired) electrons. The van der Waals surface area contributed by atoms with E-state index in [9.17, 15) is 0 Å². The third-order valence-electron chi connectivity index (χ3n) is 4.21. The molecular weight excluding hydrogens is 196 g/mol. The lowest BCUT2D eigenvalue weighted by atomic mass is 9.80. The molecule has 2 N–H and O–H groups in total. The molecule has 86 valence electrons. The summed E-state index contributed by atoms with van der Waals surface area (Å²) in [6.45, 7) is 2.13. The molecule has 1 fully saturated rings. The van der Waals surface area contributed by atoms with Crippen molar-refractivity contribution in [1.29, 1.82) is 0 Å². The van der Waals surface area contributed by atoms with Crippen molar-refractivity contribution >= 4 is 5.69 Å². The summed E-state index contributed by atoms with van der Waals surface area (Å²) in [5, 5.41) is 6.82. The number of fused-ring (bicyclic) bond motifs is 2. The Morgan fingerprint density at radius 3 is 2.88 bits per heavy atom. The Bertz CT molecular complexity index is 392. The van der Waals surface area contributed by atoms with Gasteiger partial charge < -0.3 is 10.6 Å². The fourth-order valence-electron chi connectivity index (χ4n) is 3.36. The Hall–Kier alpha value is -1.02. The molecule has 0 aromatic heterocycles. The van der Waals surface area contributed by atoms with Crippen molar-refractivity contribution in [3.8, 4) is 0 Å². The molecule has 1 aromatic rings. The minimum absolute atomic E-state index is 0.471. The maximum Gasteiger partial charge on any atom is 0.0379 e. The van der Waals surface area contributed by atoms with Gasteiger partial charge in [0.2, 0.25) is 0 Å². The minimum Gasteiger partial charge on any atom is -0.384 e. The molecule has 1 spiro atoms. The van der Waals surface area contributed by atoms with Crippen LogP contribution in [0.5, 0.6) is 0 Å². The first kappa shape index (κ1) is 10.2. The van der Waals surface area contributed by atoms with E-state index in [2.05, 4.69) is 28.8 Å². The Balaban J connectivity index is 1.99. The molecule has 2 heteroatoms.